The molecule has 0 saturated heterocycles. The Morgan fingerprint density at radius 2 is 1.76 bits per heavy atom. The van der Waals surface area contributed by atoms with E-state index in [1.54, 1.807) is 20.4 Å². The van der Waals surface area contributed by atoms with Crippen molar-refractivity contribution in [2.24, 2.45) is 5.73 Å². The van der Waals surface area contributed by atoms with Crippen LogP contribution in [0.5, 0.6) is 23.0 Å². The topological polar surface area (TPSA) is 66.6 Å². The van der Waals surface area contributed by atoms with Gasteiger partial charge in [0.1, 0.15) is 5.75 Å². The van der Waals surface area contributed by atoms with Crippen molar-refractivity contribution in [2.75, 3.05) is 14.2 Å². The second-order valence-corrected chi connectivity index (χ2v) is 4.53. The van der Waals surface area contributed by atoms with E-state index < -0.39 is 0 Å². The first-order valence-corrected chi connectivity index (χ1v) is 6.80. The van der Waals surface area contributed by atoms with E-state index in [1.165, 1.54) is 0 Å². The molecule has 5 nitrogen and oxygen atoms in total. The molecule has 0 aliphatic heterocycles. The molecule has 0 radical (unpaired) electrons. The van der Waals surface area contributed by atoms with Crippen LogP contribution in [0.2, 0.25) is 0 Å². The molecule has 1 unspecified atom stereocenters. The van der Waals surface area contributed by atoms with Gasteiger partial charge in [-0.3, -0.25) is 4.98 Å². The zero-order valence-corrected chi connectivity index (χ0v) is 12.5. The van der Waals surface area contributed by atoms with E-state index in [4.69, 9.17) is 19.9 Å². The number of rotatable bonds is 6. The average Bonchev–Trinajstić information content (AvgIpc) is 2.55. The molecule has 2 rings (SSSR count). The molecule has 1 aromatic carbocycles. The van der Waals surface area contributed by atoms with Crippen molar-refractivity contribution in [3.8, 4) is 23.0 Å². The number of para-hydroxylation sites is 1. The molecule has 1 atom stereocenters. The van der Waals surface area contributed by atoms with Crippen molar-refractivity contribution in [3.63, 3.8) is 0 Å². The third-order valence-corrected chi connectivity index (χ3v) is 3.18. The number of methoxy groups -OCH3 is 2. The monoisotopic (exact) mass is 288 g/mol. The van der Waals surface area contributed by atoms with Gasteiger partial charge in [-0.15, -0.1) is 0 Å². The number of hydrogen-bond donors (Lipinski definition) is 1. The van der Waals surface area contributed by atoms with Crippen LogP contribution in [-0.4, -0.2) is 19.2 Å². The number of nitrogens with zero attached hydrogens (tertiary/aromatic N) is 1. The van der Waals surface area contributed by atoms with Crippen LogP contribution in [-0.2, 0) is 0 Å². The number of benzene rings is 1. The minimum absolute atomic E-state index is 0.0557. The minimum Gasteiger partial charge on any atom is -0.493 e. The summed E-state index contributed by atoms with van der Waals surface area (Å²) in [6.07, 6.45) is 2.49. The zero-order chi connectivity index (χ0) is 15.2. The fraction of sp³-hybridized carbons (Fsp3) is 0.312. The third-order valence-electron chi connectivity index (χ3n) is 3.18. The van der Waals surface area contributed by atoms with Gasteiger partial charge in [0.25, 0.3) is 0 Å². The van der Waals surface area contributed by atoms with E-state index in [-0.39, 0.29) is 6.04 Å². The van der Waals surface area contributed by atoms with Crippen LogP contribution in [0, 0.1) is 0 Å². The first kappa shape index (κ1) is 15.1. The number of pyridine rings is 1. The molecule has 2 aromatic rings. The van der Waals surface area contributed by atoms with Gasteiger partial charge in [-0.05, 0) is 30.7 Å². The van der Waals surface area contributed by atoms with Crippen molar-refractivity contribution in [1.29, 1.82) is 0 Å². The second-order valence-electron chi connectivity index (χ2n) is 4.53. The minimum atomic E-state index is -0.0557. The highest BCUT2D eigenvalue weighted by Crippen LogP contribution is 2.39. The SMILES string of the molecule is CCC(N)c1ccc(Oc2c(OC)cccc2OC)cn1. The number of ether oxygens (including phenoxy) is 3. The predicted molar refractivity (Wildman–Crippen MR) is 81.1 cm³/mol. The molecule has 0 bridgehead atoms. The normalized spacial score (nSPS) is 11.8. The quantitative estimate of drug-likeness (QED) is 0.883. The Morgan fingerprint density at radius 3 is 2.24 bits per heavy atom. The smallest absolute Gasteiger partial charge is 0.211 e. The fourth-order valence-electron chi connectivity index (χ4n) is 1.92. The Hall–Kier alpha value is -2.27. The molecule has 21 heavy (non-hydrogen) atoms. The number of nitrogens with two attached hydrogens (primary N) is 1. The summed E-state index contributed by atoms with van der Waals surface area (Å²) in [6, 6.07) is 9.11. The average molecular weight is 288 g/mol. The van der Waals surface area contributed by atoms with E-state index in [1.807, 2.05) is 37.3 Å². The lowest BCUT2D eigenvalue weighted by Gasteiger charge is -2.14. The first-order chi connectivity index (χ1) is 10.2. The fourth-order valence-corrected chi connectivity index (χ4v) is 1.92. The Balaban J connectivity index is 2.26. The number of hydrogen-bond acceptors (Lipinski definition) is 5. The highest BCUT2D eigenvalue weighted by molar-refractivity contribution is 5.52. The van der Waals surface area contributed by atoms with Gasteiger partial charge in [0.2, 0.25) is 5.75 Å². The molecule has 0 fully saturated rings. The summed E-state index contributed by atoms with van der Waals surface area (Å²) in [5.41, 5.74) is 6.79. The van der Waals surface area contributed by atoms with Gasteiger partial charge >= 0.3 is 0 Å². The Labute approximate surface area is 124 Å². The summed E-state index contributed by atoms with van der Waals surface area (Å²) >= 11 is 0. The first-order valence-electron chi connectivity index (χ1n) is 6.80. The van der Waals surface area contributed by atoms with Gasteiger partial charge in [0.15, 0.2) is 11.5 Å². The highest BCUT2D eigenvalue weighted by atomic mass is 16.5. The van der Waals surface area contributed by atoms with Crippen LogP contribution >= 0.6 is 0 Å². The zero-order valence-electron chi connectivity index (χ0n) is 12.5. The molecule has 5 heteroatoms. The summed E-state index contributed by atoms with van der Waals surface area (Å²) < 4.78 is 16.4. The van der Waals surface area contributed by atoms with Crippen LogP contribution in [0.25, 0.3) is 0 Å². The summed E-state index contributed by atoms with van der Waals surface area (Å²) in [7, 11) is 3.17. The van der Waals surface area contributed by atoms with Crippen LogP contribution in [0.15, 0.2) is 36.5 Å². The number of aromatic nitrogens is 1. The van der Waals surface area contributed by atoms with Crippen LogP contribution < -0.4 is 19.9 Å². The standard InChI is InChI=1S/C16H20N2O3/c1-4-12(17)13-9-8-11(10-18-13)21-16-14(19-2)6-5-7-15(16)20-3/h5-10,12H,4,17H2,1-3H3. The van der Waals surface area contributed by atoms with Crippen molar-refractivity contribution < 1.29 is 14.2 Å². The maximum atomic E-state index is 5.94. The van der Waals surface area contributed by atoms with E-state index in [9.17, 15) is 0 Å². The van der Waals surface area contributed by atoms with E-state index in [2.05, 4.69) is 4.98 Å². The van der Waals surface area contributed by atoms with Crippen molar-refractivity contribution in [3.05, 3.63) is 42.2 Å². The molecular weight excluding hydrogens is 268 g/mol. The molecule has 0 saturated carbocycles. The molecule has 1 heterocycles. The van der Waals surface area contributed by atoms with Crippen LogP contribution in [0.1, 0.15) is 25.1 Å². The van der Waals surface area contributed by atoms with Gasteiger partial charge in [0, 0.05) is 6.04 Å². The Kier molecular flexibility index (Phi) is 5.00. The van der Waals surface area contributed by atoms with E-state index in [0.29, 0.717) is 23.0 Å². The third kappa shape index (κ3) is 3.44. The molecule has 0 spiro atoms. The maximum absolute atomic E-state index is 5.94. The van der Waals surface area contributed by atoms with Crippen molar-refractivity contribution in [1.82, 2.24) is 4.98 Å². The van der Waals surface area contributed by atoms with E-state index in [0.717, 1.165) is 12.1 Å². The molecular formula is C16H20N2O3. The van der Waals surface area contributed by atoms with E-state index >= 15 is 0 Å². The molecule has 112 valence electrons. The van der Waals surface area contributed by atoms with Gasteiger partial charge in [-0.2, -0.15) is 0 Å². The predicted octanol–water partition coefficient (Wildman–Crippen LogP) is 3.30. The van der Waals surface area contributed by atoms with Gasteiger partial charge in [0.05, 0.1) is 26.1 Å². The summed E-state index contributed by atoms with van der Waals surface area (Å²) in [5, 5.41) is 0. The molecule has 0 aliphatic rings. The van der Waals surface area contributed by atoms with Crippen LogP contribution in [0.4, 0.5) is 0 Å². The summed E-state index contributed by atoms with van der Waals surface area (Å²) in [4.78, 5) is 4.32. The largest absolute Gasteiger partial charge is 0.493 e. The second kappa shape index (κ2) is 6.95. The molecule has 2 N–H and O–H groups in total. The lowest BCUT2D eigenvalue weighted by atomic mass is 10.1. The van der Waals surface area contributed by atoms with Crippen LogP contribution in [0.3, 0.4) is 0 Å². The lowest BCUT2D eigenvalue weighted by molar-refractivity contribution is 0.346. The van der Waals surface area contributed by atoms with Gasteiger partial charge in [-0.1, -0.05) is 13.0 Å². The van der Waals surface area contributed by atoms with Gasteiger partial charge < -0.3 is 19.9 Å². The Morgan fingerprint density at radius 1 is 1.10 bits per heavy atom. The summed E-state index contributed by atoms with van der Waals surface area (Å²) in [5.74, 6) is 2.33. The maximum Gasteiger partial charge on any atom is 0.211 e. The van der Waals surface area contributed by atoms with Gasteiger partial charge in [-0.25, -0.2) is 0 Å². The highest BCUT2D eigenvalue weighted by Gasteiger charge is 2.13. The Bertz CT molecular complexity index is 562. The van der Waals surface area contributed by atoms with Crippen molar-refractivity contribution >= 4 is 0 Å². The molecule has 0 amide bonds. The van der Waals surface area contributed by atoms with Crippen molar-refractivity contribution in [2.45, 2.75) is 19.4 Å². The lowest BCUT2D eigenvalue weighted by Crippen LogP contribution is -2.10. The summed E-state index contributed by atoms with van der Waals surface area (Å²) in [6.45, 7) is 2.02. The molecule has 0 aliphatic carbocycles. The molecule has 1 aromatic heterocycles.